The lowest BCUT2D eigenvalue weighted by atomic mass is 10.1. The molecular formula is C18H22N3S+. The highest BCUT2D eigenvalue weighted by Crippen LogP contribution is 2.21. The Labute approximate surface area is 137 Å². The summed E-state index contributed by atoms with van der Waals surface area (Å²) in [6.45, 7) is 7.03. The number of rotatable bonds is 3. The van der Waals surface area contributed by atoms with Gasteiger partial charge in [0.15, 0.2) is 18.4 Å². The second-order valence-electron chi connectivity index (χ2n) is 5.95. The van der Waals surface area contributed by atoms with Crippen LogP contribution in [0, 0.1) is 13.8 Å². The molecule has 0 radical (unpaired) electrons. The van der Waals surface area contributed by atoms with E-state index in [0.29, 0.717) is 0 Å². The molecule has 1 heterocycles. The maximum atomic E-state index is 5.53. The van der Waals surface area contributed by atoms with Gasteiger partial charge in [-0.15, -0.1) is 0 Å². The Morgan fingerprint density at radius 2 is 1.91 bits per heavy atom. The Morgan fingerprint density at radius 1 is 1.14 bits per heavy atom. The molecular weight excluding hydrogens is 290 g/mol. The lowest BCUT2D eigenvalue weighted by Gasteiger charge is -2.36. The fraction of sp³-hybridized carbons (Fsp3) is 0.278. The van der Waals surface area contributed by atoms with Crippen LogP contribution in [0.3, 0.4) is 0 Å². The molecule has 0 bridgehead atoms. The minimum absolute atomic E-state index is 0.825. The first-order chi connectivity index (χ1) is 10.6. The van der Waals surface area contributed by atoms with Gasteiger partial charge in [-0.1, -0.05) is 42.5 Å². The Hall–Kier alpha value is -1.91. The maximum Gasteiger partial charge on any atom is 0.182 e. The van der Waals surface area contributed by atoms with E-state index in [9.17, 15) is 0 Å². The molecule has 3 nitrogen and oxygen atoms in total. The quantitative estimate of drug-likeness (QED) is 0.846. The van der Waals surface area contributed by atoms with Crippen LogP contribution in [0.2, 0.25) is 0 Å². The van der Waals surface area contributed by atoms with E-state index in [-0.39, 0.29) is 0 Å². The molecule has 0 aromatic heterocycles. The SMILES string of the molecule is Cc1ccc(C)c(N2C[NH+](Cc3ccccc3)CNC2=S)c1. The van der Waals surface area contributed by atoms with Crippen molar-refractivity contribution in [3.05, 3.63) is 65.2 Å². The molecule has 2 aromatic carbocycles. The van der Waals surface area contributed by atoms with Crippen LogP contribution < -0.4 is 15.1 Å². The Morgan fingerprint density at radius 3 is 2.68 bits per heavy atom. The van der Waals surface area contributed by atoms with E-state index in [4.69, 9.17) is 12.2 Å². The van der Waals surface area contributed by atoms with Crippen molar-refractivity contribution in [2.45, 2.75) is 20.4 Å². The molecule has 1 unspecified atom stereocenters. The lowest BCUT2D eigenvalue weighted by molar-refractivity contribution is -0.916. The number of nitrogens with one attached hydrogen (secondary N) is 2. The van der Waals surface area contributed by atoms with Crippen LogP contribution >= 0.6 is 12.2 Å². The summed E-state index contributed by atoms with van der Waals surface area (Å²) in [6.07, 6.45) is 0. The molecule has 3 rings (SSSR count). The van der Waals surface area contributed by atoms with E-state index in [1.807, 2.05) is 0 Å². The minimum Gasteiger partial charge on any atom is -0.315 e. The zero-order valence-electron chi connectivity index (χ0n) is 13.1. The summed E-state index contributed by atoms with van der Waals surface area (Å²) in [5.41, 5.74) is 5.09. The third-order valence-electron chi connectivity index (χ3n) is 4.07. The first kappa shape index (κ1) is 15.0. The Kier molecular flexibility index (Phi) is 4.41. The summed E-state index contributed by atoms with van der Waals surface area (Å²) in [5, 5.41) is 4.19. The highest BCUT2D eigenvalue weighted by atomic mass is 32.1. The second-order valence-corrected chi connectivity index (χ2v) is 6.33. The molecule has 4 heteroatoms. The third kappa shape index (κ3) is 3.29. The summed E-state index contributed by atoms with van der Waals surface area (Å²) >= 11 is 5.53. The highest BCUT2D eigenvalue weighted by molar-refractivity contribution is 7.80. The van der Waals surface area contributed by atoms with Crippen LogP contribution in [0.5, 0.6) is 0 Å². The van der Waals surface area contributed by atoms with Crippen molar-refractivity contribution in [2.24, 2.45) is 0 Å². The Balaban J connectivity index is 1.79. The number of hydrogen-bond acceptors (Lipinski definition) is 1. The van der Waals surface area contributed by atoms with Gasteiger partial charge in [0.2, 0.25) is 0 Å². The van der Waals surface area contributed by atoms with E-state index in [2.05, 4.69) is 72.6 Å². The third-order valence-corrected chi connectivity index (χ3v) is 4.43. The molecule has 1 aliphatic rings. The lowest BCUT2D eigenvalue weighted by Crippen LogP contribution is -3.16. The molecule has 114 valence electrons. The summed E-state index contributed by atoms with van der Waals surface area (Å²) in [6, 6.07) is 17.1. The van der Waals surface area contributed by atoms with Gasteiger partial charge < -0.3 is 5.32 Å². The number of thiocarbonyl (C=S) groups is 1. The monoisotopic (exact) mass is 312 g/mol. The van der Waals surface area contributed by atoms with Gasteiger partial charge in [0, 0.05) is 5.56 Å². The van der Waals surface area contributed by atoms with E-state index in [1.54, 1.807) is 0 Å². The zero-order chi connectivity index (χ0) is 15.5. The molecule has 1 fully saturated rings. The average molecular weight is 312 g/mol. The fourth-order valence-electron chi connectivity index (χ4n) is 2.86. The number of aryl methyl sites for hydroxylation is 2. The maximum absolute atomic E-state index is 5.53. The molecule has 2 aromatic rings. The van der Waals surface area contributed by atoms with Crippen LogP contribution in [0.1, 0.15) is 16.7 Å². The van der Waals surface area contributed by atoms with Crippen molar-refractivity contribution in [3.8, 4) is 0 Å². The van der Waals surface area contributed by atoms with Crippen molar-refractivity contribution in [2.75, 3.05) is 18.2 Å². The van der Waals surface area contributed by atoms with E-state index in [0.717, 1.165) is 25.0 Å². The number of hydrogen-bond donors (Lipinski definition) is 2. The van der Waals surface area contributed by atoms with Gasteiger partial charge in [-0.25, -0.2) is 0 Å². The minimum atomic E-state index is 0.825. The molecule has 0 amide bonds. The van der Waals surface area contributed by atoms with Crippen LogP contribution in [-0.4, -0.2) is 18.4 Å². The first-order valence-corrected chi connectivity index (χ1v) is 8.04. The molecule has 0 spiro atoms. The van der Waals surface area contributed by atoms with Gasteiger partial charge in [-0.05, 0) is 43.3 Å². The standard InChI is InChI=1S/C18H21N3S/c1-14-8-9-15(2)17(10-14)21-13-20(12-19-18(21)22)11-16-6-4-3-5-7-16/h3-10H,11-13H2,1-2H3,(H,19,22)/p+1. The van der Waals surface area contributed by atoms with Crippen LogP contribution in [-0.2, 0) is 6.54 Å². The van der Waals surface area contributed by atoms with Gasteiger partial charge >= 0.3 is 0 Å². The summed E-state index contributed by atoms with van der Waals surface area (Å²) in [5.74, 6) is 0. The molecule has 0 aliphatic carbocycles. The van der Waals surface area contributed by atoms with Crippen molar-refractivity contribution in [1.29, 1.82) is 0 Å². The topological polar surface area (TPSA) is 19.7 Å². The Bertz CT molecular complexity index is 669. The van der Waals surface area contributed by atoms with Crippen molar-refractivity contribution >= 4 is 23.0 Å². The molecule has 22 heavy (non-hydrogen) atoms. The normalized spacial score (nSPS) is 18.2. The molecule has 0 saturated carbocycles. The fourth-order valence-corrected chi connectivity index (χ4v) is 3.09. The van der Waals surface area contributed by atoms with E-state index < -0.39 is 0 Å². The predicted molar refractivity (Wildman–Crippen MR) is 95.0 cm³/mol. The molecule has 1 aliphatic heterocycles. The van der Waals surface area contributed by atoms with Crippen molar-refractivity contribution in [1.82, 2.24) is 5.32 Å². The highest BCUT2D eigenvalue weighted by Gasteiger charge is 2.25. The van der Waals surface area contributed by atoms with E-state index in [1.165, 1.54) is 27.3 Å². The van der Waals surface area contributed by atoms with Crippen molar-refractivity contribution in [3.63, 3.8) is 0 Å². The van der Waals surface area contributed by atoms with Crippen LogP contribution in [0.15, 0.2) is 48.5 Å². The summed E-state index contributed by atoms with van der Waals surface area (Å²) < 4.78 is 0. The number of benzene rings is 2. The van der Waals surface area contributed by atoms with Crippen LogP contribution in [0.25, 0.3) is 0 Å². The second kappa shape index (κ2) is 6.46. The van der Waals surface area contributed by atoms with Crippen molar-refractivity contribution < 1.29 is 4.90 Å². The van der Waals surface area contributed by atoms with Gasteiger partial charge in [0.1, 0.15) is 6.54 Å². The smallest absolute Gasteiger partial charge is 0.182 e. The molecule has 1 saturated heterocycles. The average Bonchev–Trinajstić information content (AvgIpc) is 2.53. The van der Waals surface area contributed by atoms with Crippen LogP contribution in [0.4, 0.5) is 5.69 Å². The first-order valence-electron chi connectivity index (χ1n) is 7.63. The van der Waals surface area contributed by atoms with Gasteiger partial charge in [0.25, 0.3) is 0 Å². The summed E-state index contributed by atoms with van der Waals surface area (Å²) in [4.78, 5) is 3.68. The number of nitrogens with zero attached hydrogens (tertiary/aromatic N) is 1. The molecule has 1 atom stereocenters. The van der Waals surface area contributed by atoms with Gasteiger partial charge in [-0.2, -0.15) is 0 Å². The van der Waals surface area contributed by atoms with E-state index >= 15 is 0 Å². The van der Waals surface area contributed by atoms with Gasteiger partial charge in [-0.3, -0.25) is 9.80 Å². The largest absolute Gasteiger partial charge is 0.315 e. The number of anilines is 1. The molecule has 2 N–H and O–H groups in total. The summed E-state index contributed by atoms with van der Waals surface area (Å²) in [7, 11) is 0. The zero-order valence-corrected chi connectivity index (χ0v) is 13.9. The number of quaternary nitrogens is 1. The van der Waals surface area contributed by atoms with Gasteiger partial charge in [0.05, 0.1) is 5.69 Å². The predicted octanol–water partition coefficient (Wildman–Crippen LogP) is 2.00.